The van der Waals surface area contributed by atoms with Crippen LogP contribution in [-0.2, 0) is 9.59 Å². The Morgan fingerprint density at radius 2 is 2.10 bits per heavy atom. The summed E-state index contributed by atoms with van der Waals surface area (Å²) in [4.78, 5) is 26.3. The number of carbonyl (C=O) groups is 2. The van der Waals surface area contributed by atoms with Gasteiger partial charge >= 0.3 is 0 Å². The van der Waals surface area contributed by atoms with Gasteiger partial charge in [-0.2, -0.15) is 0 Å². The van der Waals surface area contributed by atoms with Gasteiger partial charge in [0.15, 0.2) is 0 Å². The lowest BCUT2D eigenvalue weighted by molar-refractivity contribution is -0.135. The van der Waals surface area contributed by atoms with Crippen molar-refractivity contribution in [3.8, 4) is 0 Å². The van der Waals surface area contributed by atoms with Gasteiger partial charge < -0.3 is 10.2 Å². The van der Waals surface area contributed by atoms with Crippen molar-refractivity contribution in [2.75, 3.05) is 6.54 Å². The molecular weight excluding hydrogens is 252 g/mol. The van der Waals surface area contributed by atoms with Crippen molar-refractivity contribution in [1.29, 1.82) is 0 Å². The van der Waals surface area contributed by atoms with Crippen LogP contribution in [-0.4, -0.2) is 29.3 Å². The Bertz CT molecular complexity index is 498. The molecule has 1 aromatic carbocycles. The third-order valence-corrected chi connectivity index (χ3v) is 3.59. The number of rotatable bonds is 4. The highest BCUT2D eigenvalue weighted by molar-refractivity contribution is 5.91. The highest BCUT2D eigenvalue weighted by atomic mass is 16.2. The summed E-state index contributed by atoms with van der Waals surface area (Å²) in [6, 6.07) is 8.84. The van der Waals surface area contributed by atoms with Crippen molar-refractivity contribution in [3.05, 3.63) is 48.6 Å². The fraction of sp³-hybridized carbons (Fsp3) is 0.375. The van der Waals surface area contributed by atoms with E-state index >= 15 is 0 Å². The topological polar surface area (TPSA) is 49.4 Å². The van der Waals surface area contributed by atoms with Gasteiger partial charge in [-0.1, -0.05) is 36.4 Å². The average molecular weight is 272 g/mol. The first-order valence-corrected chi connectivity index (χ1v) is 6.89. The third kappa shape index (κ3) is 3.07. The molecule has 2 unspecified atom stereocenters. The highest BCUT2D eigenvalue weighted by Gasteiger charge is 2.32. The summed E-state index contributed by atoms with van der Waals surface area (Å²) >= 11 is 0. The van der Waals surface area contributed by atoms with Crippen molar-refractivity contribution in [1.82, 2.24) is 10.2 Å². The molecule has 4 heteroatoms. The van der Waals surface area contributed by atoms with Gasteiger partial charge in [0.05, 0.1) is 0 Å². The molecule has 0 aromatic heterocycles. The third-order valence-electron chi connectivity index (χ3n) is 3.59. The van der Waals surface area contributed by atoms with Crippen molar-refractivity contribution in [2.45, 2.75) is 31.8 Å². The Morgan fingerprint density at radius 1 is 1.40 bits per heavy atom. The molecule has 106 valence electrons. The van der Waals surface area contributed by atoms with Gasteiger partial charge in [0.1, 0.15) is 6.04 Å². The van der Waals surface area contributed by atoms with Crippen molar-refractivity contribution in [2.24, 2.45) is 0 Å². The molecule has 1 aromatic rings. The van der Waals surface area contributed by atoms with Crippen LogP contribution in [0, 0.1) is 0 Å². The molecule has 2 amide bonds. The molecule has 0 aliphatic carbocycles. The highest BCUT2D eigenvalue weighted by Crippen LogP contribution is 2.21. The summed E-state index contributed by atoms with van der Waals surface area (Å²) in [5, 5.41) is 2.82. The van der Waals surface area contributed by atoms with Gasteiger partial charge in [-0.05, 0) is 18.9 Å². The number of nitrogens with one attached hydrogen (secondary N) is 1. The molecule has 1 heterocycles. The molecule has 1 saturated heterocycles. The van der Waals surface area contributed by atoms with E-state index in [0.717, 1.165) is 12.0 Å². The second-order valence-corrected chi connectivity index (χ2v) is 5.07. The van der Waals surface area contributed by atoms with Crippen molar-refractivity contribution >= 4 is 11.8 Å². The molecule has 1 aliphatic heterocycles. The van der Waals surface area contributed by atoms with E-state index in [4.69, 9.17) is 0 Å². The van der Waals surface area contributed by atoms with Gasteiger partial charge in [0.25, 0.3) is 0 Å². The fourth-order valence-electron chi connectivity index (χ4n) is 2.47. The van der Waals surface area contributed by atoms with E-state index in [1.807, 2.05) is 37.3 Å². The Kier molecular flexibility index (Phi) is 4.56. The Balaban J connectivity index is 2.28. The van der Waals surface area contributed by atoms with Crippen LogP contribution in [0.15, 0.2) is 43.0 Å². The summed E-state index contributed by atoms with van der Waals surface area (Å²) in [5.41, 5.74) is 0.823. The van der Waals surface area contributed by atoms with Gasteiger partial charge in [-0.25, -0.2) is 0 Å². The lowest BCUT2D eigenvalue weighted by Gasteiger charge is -2.29. The fourth-order valence-corrected chi connectivity index (χ4v) is 2.47. The van der Waals surface area contributed by atoms with Crippen LogP contribution in [0.3, 0.4) is 0 Å². The molecule has 4 nitrogen and oxygen atoms in total. The first kappa shape index (κ1) is 14.3. The summed E-state index contributed by atoms with van der Waals surface area (Å²) in [6.07, 6.45) is 2.87. The van der Waals surface area contributed by atoms with Crippen LogP contribution >= 0.6 is 0 Å². The predicted octanol–water partition coefficient (Wildman–Crippen LogP) is 2.04. The van der Waals surface area contributed by atoms with E-state index < -0.39 is 6.04 Å². The van der Waals surface area contributed by atoms with Crippen LogP contribution in [0.5, 0.6) is 0 Å². The quantitative estimate of drug-likeness (QED) is 0.853. The molecule has 1 fully saturated rings. The number of amides is 2. The van der Waals surface area contributed by atoms with E-state index in [1.165, 1.54) is 0 Å². The van der Waals surface area contributed by atoms with Crippen LogP contribution in [0.25, 0.3) is 0 Å². The normalized spacial score (nSPS) is 21.1. The van der Waals surface area contributed by atoms with Crippen molar-refractivity contribution in [3.63, 3.8) is 0 Å². The van der Waals surface area contributed by atoms with Gasteiger partial charge in [-0.3, -0.25) is 9.59 Å². The molecule has 0 saturated carbocycles. The first-order valence-electron chi connectivity index (χ1n) is 6.89. The lowest BCUT2D eigenvalue weighted by Crippen LogP contribution is -2.42. The summed E-state index contributed by atoms with van der Waals surface area (Å²) in [6.45, 7) is 6.16. The minimum atomic E-state index is -0.585. The zero-order valence-corrected chi connectivity index (χ0v) is 11.7. The molecule has 2 rings (SSSR count). The number of hydrogen-bond donors (Lipinski definition) is 1. The predicted molar refractivity (Wildman–Crippen MR) is 77.9 cm³/mol. The standard InChI is InChI=1S/C16H20N2O2/c1-3-7-12(2)18-11-10-14(19)17-15(16(18)20)13-8-5-4-6-9-13/h3-6,8-9,12,15H,1,7,10-11H2,2H3,(H,17,19). The molecule has 2 atom stereocenters. The maximum Gasteiger partial charge on any atom is 0.250 e. The zero-order chi connectivity index (χ0) is 14.5. The molecule has 0 bridgehead atoms. The minimum Gasteiger partial charge on any atom is -0.340 e. The van der Waals surface area contributed by atoms with Crippen LogP contribution in [0.1, 0.15) is 31.4 Å². The van der Waals surface area contributed by atoms with E-state index in [1.54, 1.807) is 11.0 Å². The van der Waals surface area contributed by atoms with E-state index in [2.05, 4.69) is 11.9 Å². The van der Waals surface area contributed by atoms with Gasteiger partial charge in [0.2, 0.25) is 11.8 Å². The van der Waals surface area contributed by atoms with Crippen molar-refractivity contribution < 1.29 is 9.59 Å². The van der Waals surface area contributed by atoms with Crippen LogP contribution in [0.2, 0.25) is 0 Å². The molecular formula is C16H20N2O2. The van der Waals surface area contributed by atoms with E-state index in [0.29, 0.717) is 13.0 Å². The van der Waals surface area contributed by atoms with E-state index in [9.17, 15) is 9.59 Å². The molecule has 0 radical (unpaired) electrons. The average Bonchev–Trinajstić information content (AvgIpc) is 2.60. The number of hydrogen-bond acceptors (Lipinski definition) is 2. The van der Waals surface area contributed by atoms with Crippen LogP contribution in [0.4, 0.5) is 0 Å². The Morgan fingerprint density at radius 3 is 2.75 bits per heavy atom. The van der Waals surface area contributed by atoms with E-state index in [-0.39, 0.29) is 17.9 Å². The minimum absolute atomic E-state index is 0.0450. The number of benzene rings is 1. The lowest BCUT2D eigenvalue weighted by atomic mass is 10.0. The summed E-state index contributed by atoms with van der Waals surface area (Å²) < 4.78 is 0. The second kappa shape index (κ2) is 6.37. The van der Waals surface area contributed by atoms with Crippen LogP contribution < -0.4 is 5.32 Å². The molecule has 0 spiro atoms. The first-order chi connectivity index (χ1) is 9.63. The molecule has 1 N–H and O–H groups in total. The van der Waals surface area contributed by atoms with Gasteiger partial charge in [-0.15, -0.1) is 6.58 Å². The van der Waals surface area contributed by atoms with Gasteiger partial charge in [0, 0.05) is 19.0 Å². The maximum atomic E-state index is 12.7. The smallest absolute Gasteiger partial charge is 0.250 e. The monoisotopic (exact) mass is 272 g/mol. The Labute approximate surface area is 119 Å². The zero-order valence-electron chi connectivity index (χ0n) is 11.7. The number of carbonyl (C=O) groups excluding carboxylic acids is 2. The summed E-state index contributed by atoms with van der Waals surface area (Å²) in [5.74, 6) is -0.128. The Hall–Kier alpha value is -2.10. The SMILES string of the molecule is C=CCC(C)N1CCC(=O)NC(c2ccccc2)C1=O. The number of nitrogens with zero attached hydrogens (tertiary/aromatic N) is 1. The molecule has 20 heavy (non-hydrogen) atoms. The summed E-state index contributed by atoms with van der Waals surface area (Å²) in [7, 11) is 0. The largest absolute Gasteiger partial charge is 0.340 e. The second-order valence-electron chi connectivity index (χ2n) is 5.07. The molecule has 1 aliphatic rings. The maximum absolute atomic E-state index is 12.7.